The number of methoxy groups -OCH3 is 1. The molecule has 0 N–H and O–H groups in total. The predicted octanol–water partition coefficient (Wildman–Crippen LogP) is 4.85. The fourth-order valence-electron chi connectivity index (χ4n) is 3.93. The molecule has 1 fully saturated rings. The number of fused-ring (bicyclic) bond motifs is 1. The van der Waals surface area contributed by atoms with Crippen LogP contribution < -0.4 is 0 Å². The maximum atomic E-state index is 6.86. The molecule has 4 heteroatoms. The minimum Gasteiger partial charge on any atom is -0.413 e. The topological polar surface area (TPSA) is 27.7 Å². The molecule has 5 atom stereocenters. The van der Waals surface area contributed by atoms with Gasteiger partial charge in [-0.1, -0.05) is 39.8 Å². The summed E-state index contributed by atoms with van der Waals surface area (Å²) in [5.74, 6) is 2.50. The van der Waals surface area contributed by atoms with E-state index in [1.165, 1.54) is 6.42 Å². The molecule has 0 spiro atoms. The molecule has 0 aromatic heterocycles. The average molecular weight is 341 g/mol. The lowest BCUT2D eigenvalue weighted by atomic mass is 9.78. The third kappa shape index (κ3) is 4.27. The Bertz CT molecular complexity index is 413. The van der Waals surface area contributed by atoms with Gasteiger partial charge < -0.3 is 13.9 Å². The van der Waals surface area contributed by atoms with Gasteiger partial charge in [0.15, 0.2) is 8.32 Å². The Labute approximate surface area is 143 Å². The lowest BCUT2D eigenvalue weighted by molar-refractivity contribution is -0.0481. The fraction of sp³-hybridized carbons (Fsp3) is 0.895. The summed E-state index contributed by atoms with van der Waals surface area (Å²) in [5.41, 5.74) is 0. The van der Waals surface area contributed by atoms with Crippen molar-refractivity contribution in [3.63, 3.8) is 0 Å². The summed E-state index contributed by atoms with van der Waals surface area (Å²) in [6.07, 6.45) is 7.54. The number of ether oxygens (including phenoxy) is 2. The fourth-order valence-corrected chi connectivity index (χ4v) is 5.37. The zero-order chi connectivity index (χ0) is 17.3. The van der Waals surface area contributed by atoms with Crippen molar-refractivity contribution in [2.24, 2.45) is 23.7 Å². The molecule has 0 unspecified atom stereocenters. The molecule has 23 heavy (non-hydrogen) atoms. The maximum absolute atomic E-state index is 6.86. The van der Waals surface area contributed by atoms with Gasteiger partial charge in [-0.2, -0.15) is 0 Å². The molecule has 134 valence electrons. The van der Waals surface area contributed by atoms with Gasteiger partial charge in [0.05, 0.1) is 12.7 Å². The monoisotopic (exact) mass is 340 g/mol. The first-order valence-electron chi connectivity index (χ1n) is 9.08. The van der Waals surface area contributed by atoms with Gasteiger partial charge in [0, 0.05) is 13.0 Å². The van der Waals surface area contributed by atoms with E-state index in [2.05, 4.69) is 52.9 Å². The van der Waals surface area contributed by atoms with Gasteiger partial charge in [0.2, 0.25) is 0 Å². The van der Waals surface area contributed by atoms with E-state index in [4.69, 9.17) is 13.9 Å². The number of hydrogen-bond donors (Lipinski definition) is 0. The summed E-state index contributed by atoms with van der Waals surface area (Å²) in [7, 11) is -0.0358. The van der Waals surface area contributed by atoms with Crippen molar-refractivity contribution >= 4 is 8.32 Å². The van der Waals surface area contributed by atoms with E-state index in [0.29, 0.717) is 36.6 Å². The van der Waals surface area contributed by atoms with Crippen LogP contribution in [0.15, 0.2) is 12.2 Å². The molecule has 2 aliphatic rings. The van der Waals surface area contributed by atoms with Gasteiger partial charge in [-0.25, -0.2) is 0 Å². The molecule has 0 heterocycles. The van der Waals surface area contributed by atoms with Gasteiger partial charge >= 0.3 is 0 Å². The molecule has 2 aliphatic carbocycles. The van der Waals surface area contributed by atoms with Crippen LogP contribution in [0, 0.1) is 23.7 Å². The van der Waals surface area contributed by atoms with Gasteiger partial charge in [0.1, 0.15) is 6.79 Å². The van der Waals surface area contributed by atoms with Crippen LogP contribution in [-0.2, 0) is 13.9 Å². The summed E-state index contributed by atoms with van der Waals surface area (Å²) in [4.78, 5) is 0. The molecule has 2 rings (SSSR count). The standard InChI is InChI=1S/C19H36O3Si/c1-14-11-17-15(12-21-13-20-5)9-8-10-16(17)18(14)22-23(6,7)19(2,3)4/h8-9,14-18H,10-13H2,1-7H3/t14-,15+,16-,17+,18+/m0/s1. The van der Waals surface area contributed by atoms with Gasteiger partial charge in [-0.05, 0) is 48.7 Å². The number of rotatable bonds is 6. The van der Waals surface area contributed by atoms with Crippen LogP contribution in [-0.4, -0.2) is 34.9 Å². The lowest BCUT2D eigenvalue weighted by Gasteiger charge is -2.42. The minimum atomic E-state index is -1.72. The van der Waals surface area contributed by atoms with Crippen LogP contribution in [0.3, 0.4) is 0 Å². The van der Waals surface area contributed by atoms with Crippen LogP contribution in [0.1, 0.15) is 40.5 Å². The van der Waals surface area contributed by atoms with Crippen LogP contribution in [0.25, 0.3) is 0 Å². The van der Waals surface area contributed by atoms with Crippen LogP contribution >= 0.6 is 0 Å². The van der Waals surface area contributed by atoms with Crippen LogP contribution in [0.4, 0.5) is 0 Å². The highest BCUT2D eigenvalue weighted by molar-refractivity contribution is 6.74. The van der Waals surface area contributed by atoms with Crippen LogP contribution in [0.5, 0.6) is 0 Å². The number of hydrogen-bond acceptors (Lipinski definition) is 3. The second-order valence-electron chi connectivity index (χ2n) is 8.99. The molecule has 1 saturated carbocycles. The quantitative estimate of drug-likeness (QED) is 0.299. The second-order valence-corrected chi connectivity index (χ2v) is 13.7. The molecule has 0 aliphatic heterocycles. The highest BCUT2D eigenvalue weighted by atomic mass is 28.4. The summed E-state index contributed by atoms with van der Waals surface area (Å²) in [6, 6.07) is 0. The van der Waals surface area contributed by atoms with E-state index in [9.17, 15) is 0 Å². The van der Waals surface area contributed by atoms with Crippen molar-refractivity contribution < 1.29 is 13.9 Å². The molecule has 0 amide bonds. The second kappa shape index (κ2) is 7.38. The Kier molecular flexibility index (Phi) is 6.15. The normalized spacial score (nSPS) is 34.7. The first-order chi connectivity index (χ1) is 10.7. The molecule has 0 bridgehead atoms. The molecule has 0 radical (unpaired) electrons. The molecule has 0 aromatic rings. The summed E-state index contributed by atoms with van der Waals surface area (Å²) < 4.78 is 17.5. The molecular formula is C19H36O3Si. The zero-order valence-electron chi connectivity index (χ0n) is 16.1. The van der Waals surface area contributed by atoms with E-state index in [1.807, 2.05) is 0 Å². The van der Waals surface area contributed by atoms with E-state index in [0.717, 1.165) is 13.0 Å². The first kappa shape index (κ1) is 19.2. The third-order valence-electron chi connectivity index (χ3n) is 6.27. The average Bonchev–Trinajstić information content (AvgIpc) is 2.75. The Hall–Kier alpha value is -0.163. The van der Waals surface area contributed by atoms with E-state index in [-0.39, 0.29) is 5.04 Å². The molecule has 0 saturated heterocycles. The van der Waals surface area contributed by atoms with Crippen molar-refractivity contribution in [1.29, 1.82) is 0 Å². The largest absolute Gasteiger partial charge is 0.413 e. The smallest absolute Gasteiger partial charge is 0.192 e. The van der Waals surface area contributed by atoms with Gasteiger partial charge in [-0.3, -0.25) is 0 Å². The highest BCUT2D eigenvalue weighted by Gasteiger charge is 2.49. The van der Waals surface area contributed by atoms with Gasteiger partial charge in [0.25, 0.3) is 0 Å². The minimum absolute atomic E-state index is 0.274. The van der Waals surface area contributed by atoms with Crippen molar-refractivity contribution in [1.82, 2.24) is 0 Å². The zero-order valence-corrected chi connectivity index (χ0v) is 17.1. The summed E-state index contributed by atoms with van der Waals surface area (Å²) in [6.45, 7) is 15.3. The van der Waals surface area contributed by atoms with Gasteiger partial charge in [-0.15, -0.1) is 0 Å². The van der Waals surface area contributed by atoms with E-state index in [1.54, 1.807) is 7.11 Å². The van der Waals surface area contributed by atoms with Crippen LogP contribution in [0.2, 0.25) is 18.1 Å². The van der Waals surface area contributed by atoms with Crippen molar-refractivity contribution in [2.45, 2.75) is 64.8 Å². The highest BCUT2D eigenvalue weighted by Crippen LogP contribution is 2.49. The molecule has 0 aromatic carbocycles. The van der Waals surface area contributed by atoms with Crippen molar-refractivity contribution in [3.8, 4) is 0 Å². The third-order valence-corrected chi connectivity index (χ3v) is 10.7. The summed E-state index contributed by atoms with van der Waals surface area (Å²) >= 11 is 0. The SMILES string of the molecule is COCOC[C@H]1C=CC[C@H]2[C@@H]1C[C@H](C)[C@H]2O[Si](C)(C)C(C)(C)C. The van der Waals surface area contributed by atoms with Crippen molar-refractivity contribution in [2.75, 3.05) is 20.5 Å². The number of allylic oxidation sites excluding steroid dienone is 1. The Balaban J connectivity index is 2.06. The Morgan fingerprint density at radius 1 is 1.17 bits per heavy atom. The van der Waals surface area contributed by atoms with E-state index < -0.39 is 8.32 Å². The maximum Gasteiger partial charge on any atom is 0.192 e. The Morgan fingerprint density at radius 2 is 1.87 bits per heavy atom. The summed E-state index contributed by atoms with van der Waals surface area (Å²) in [5, 5.41) is 0.274. The first-order valence-corrected chi connectivity index (χ1v) is 12.0. The predicted molar refractivity (Wildman–Crippen MR) is 97.9 cm³/mol. The molecular weight excluding hydrogens is 304 g/mol. The Morgan fingerprint density at radius 3 is 2.48 bits per heavy atom. The molecule has 3 nitrogen and oxygen atoms in total. The van der Waals surface area contributed by atoms with E-state index >= 15 is 0 Å². The lowest BCUT2D eigenvalue weighted by Crippen LogP contribution is -2.46. The van der Waals surface area contributed by atoms with Crippen molar-refractivity contribution in [3.05, 3.63) is 12.2 Å².